The monoisotopic (exact) mass is 490 g/mol. The number of hydrogen-bond donors (Lipinski definition) is 0. The lowest BCUT2D eigenvalue weighted by molar-refractivity contribution is -0.161. The summed E-state index contributed by atoms with van der Waals surface area (Å²) in [7, 11) is 0. The van der Waals surface area contributed by atoms with Crippen molar-refractivity contribution >= 4 is 23.7 Å². The molecule has 0 aromatic carbocycles. The Kier molecular flexibility index (Phi) is 9.87. The van der Waals surface area contributed by atoms with Crippen molar-refractivity contribution in [2.45, 2.75) is 93.0 Å². The minimum Gasteiger partial charge on any atom is -0.462 e. The fourth-order valence-electron chi connectivity index (χ4n) is 5.46. The smallest absolute Gasteiger partial charge is 0.331 e. The van der Waals surface area contributed by atoms with Gasteiger partial charge in [-0.25, -0.2) is 4.79 Å². The van der Waals surface area contributed by atoms with Crippen LogP contribution in [0, 0.1) is 35.5 Å². The number of fused-ring (bicyclic) bond motifs is 1. The summed E-state index contributed by atoms with van der Waals surface area (Å²) in [6, 6.07) is 0. The number of ether oxygens (including phenoxy) is 3. The van der Waals surface area contributed by atoms with E-state index in [-0.39, 0.29) is 29.5 Å². The molecular formula is C28H42O7. The van der Waals surface area contributed by atoms with Crippen LogP contribution in [0.25, 0.3) is 0 Å². The Hall–Kier alpha value is -2.44. The van der Waals surface area contributed by atoms with Gasteiger partial charge in [-0.3, -0.25) is 14.4 Å². The van der Waals surface area contributed by atoms with E-state index in [0.717, 1.165) is 12.0 Å². The Labute approximate surface area is 209 Å². The summed E-state index contributed by atoms with van der Waals surface area (Å²) in [5, 5.41) is 0. The van der Waals surface area contributed by atoms with Crippen molar-refractivity contribution in [3.05, 3.63) is 23.8 Å². The van der Waals surface area contributed by atoms with Gasteiger partial charge < -0.3 is 14.2 Å². The molecule has 0 saturated heterocycles. The van der Waals surface area contributed by atoms with Crippen molar-refractivity contribution < 1.29 is 33.4 Å². The maximum atomic E-state index is 13.7. The van der Waals surface area contributed by atoms with Gasteiger partial charge in [0.1, 0.15) is 12.2 Å². The number of Topliss-reactive ketones (excluding diaryl/α,β-unsaturated/α-hetero) is 1. The molecule has 2 aliphatic carbocycles. The predicted octanol–water partition coefficient (Wildman–Crippen LogP) is 4.83. The summed E-state index contributed by atoms with van der Waals surface area (Å²) >= 11 is 0. The molecule has 2 fully saturated rings. The molecule has 0 bridgehead atoms. The molecule has 196 valence electrons. The summed E-state index contributed by atoms with van der Waals surface area (Å²) < 4.78 is 17.1. The topological polar surface area (TPSA) is 96.0 Å². The number of ketones is 1. The molecule has 0 spiro atoms. The normalized spacial score (nSPS) is 30.5. The average molecular weight is 491 g/mol. The predicted molar refractivity (Wildman–Crippen MR) is 132 cm³/mol. The Morgan fingerprint density at radius 1 is 1.09 bits per heavy atom. The van der Waals surface area contributed by atoms with Crippen LogP contribution in [0.15, 0.2) is 23.8 Å². The number of carbonyl (C=O) groups excluding carboxylic acids is 4. The summed E-state index contributed by atoms with van der Waals surface area (Å²) in [6.07, 6.45) is 0.978. The molecule has 2 rings (SSSR count). The lowest BCUT2D eigenvalue weighted by Crippen LogP contribution is -2.45. The van der Waals surface area contributed by atoms with E-state index in [0.29, 0.717) is 18.4 Å². The molecule has 0 aromatic heterocycles. The van der Waals surface area contributed by atoms with Crippen molar-refractivity contribution in [2.24, 2.45) is 35.5 Å². The van der Waals surface area contributed by atoms with Gasteiger partial charge in [-0.2, -0.15) is 0 Å². The minimum atomic E-state index is -1.05. The molecule has 8 atom stereocenters. The summed E-state index contributed by atoms with van der Waals surface area (Å²) in [5.74, 6) is -3.27. The highest BCUT2D eigenvalue weighted by Gasteiger charge is 2.61. The quantitative estimate of drug-likeness (QED) is 0.198. The van der Waals surface area contributed by atoms with Gasteiger partial charge in [0.15, 0.2) is 11.9 Å². The Balaban J connectivity index is 2.50. The average Bonchev–Trinajstić information content (AvgIpc) is 3.06. The lowest BCUT2D eigenvalue weighted by atomic mass is 9.63. The SMILES string of the molecule is C=C1C(OC(=O)C=C(C)CC)CC(C(C)C)C2C(C(C)OC(C)=O)C(=O)C(OC(=O)C(C)CC)C12. The summed E-state index contributed by atoms with van der Waals surface area (Å²) in [5.41, 5.74) is 1.48. The molecule has 0 aromatic rings. The van der Waals surface area contributed by atoms with Crippen molar-refractivity contribution in [3.8, 4) is 0 Å². The van der Waals surface area contributed by atoms with Crippen molar-refractivity contribution in [1.82, 2.24) is 0 Å². The zero-order valence-corrected chi connectivity index (χ0v) is 22.5. The van der Waals surface area contributed by atoms with Gasteiger partial charge in [0.05, 0.1) is 11.8 Å². The van der Waals surface area contributed by atoms with E-state index in [4.69, 9.17) is 14.2 Å². The van der Waals surface area contributed by atoms with Crippen molar-refractivity contribution in [3.63, 3.8) is 0 Å². The van der Waals surface area contributed by atoms with Crippen LogP contribution in [-0.2, 0) is 33.4 Å². The number of hydrogen-bond acceptors (Lipinski definition) is 7. The fraction of sp³-hybridized carbons (Fsp3) is 0.714. The third kappa shape index (κ3) is 6.42. The van der Waals surface area contributed by atoms with E-state index in [9.17, 15) is 19.2 Å². The summed E-state index contributed by atoms with van der Waals surface area (Å²) in [6.45, 7) is 18.9. The second kappa shape index (κ2) is 12.0. The molecule has 35 heavy (non-hydrogen) atoms. The lowest BCUT2D eigenvalue weighted by Gasteiger charge is -2.44. The fourth-order valence-corrected chi connectivity index (χ4v) is 5.46. The number of carbonyl (C=O) groups is 4. The van der Waals surface area contributed by atoms with E-state index in [1.54, 1.807) is 13.8 Å². The first-order valence-electron chi connectivity index (χ1n) is 12.8. The highest BCUT2D eigenvalue weighted by molar-refractivity contribution is 5.92. The number of allylic oxidation sites excluding steroid dienone is 1. The van der Waals surface area contributed by atoms with Crippen LogP contribution in [0.1, 0.15) is 74.7 Å². The number of rotatable bonds is 9. The van der Waals surface area contributed by atoms with Gasteiger partial charge >= 0.3 is 17.9 Å². The van der Waals surface area contributed by atoms with Crippen LogP contribution in [-0.4, -0.2) is 42.0 Å². The van der Waals surface area contributed by atoms with Crippen molar-refractivity contribution in [2.75, 3.05) is 0 Å². The maximum absolute atomic E-state index is 13.7. The molecule has 0 heterocycles. The minimum absolute atomic E-state index is 0.0289. The first-order chi connectivity index (χ1) is 16.3. The third-order valence-electron chi connectivity index (χ3n) is 7.74. The largest absolute Gasteiger partial charge is 0.462 e. The molecule has 0 N–H and O–H groups in total. The van der Waals surface area contributed by atoms with Crippen LogP contribution in [0.3, 0.4) is 0 Å². The standard InChI is InChI=1S/C28H42O7/c1-10-15(5)12-22(30)34-21-13-20(14(3)4)25-23(17(21)7)27(35-28(32)16(6)11-2)26(31)24(25)18(8)33-19(9)29/h12,14,16,18,20-21,23-25,27H,7,10-11,13H2,1-6,8-9H3. The summed E-state index contributed by atoms with van der Waals surface area (Å²) in [4.78, 5) is 50.8. The van der Waals surface area contributed by atoms with Crippen molar-refractivity contribution in [1.29, 1.82) is 0 Å². The molecule has 2 aliphatic rings. The Bertz CT molecular complexity index is 871. The molecule has 2 saturated carbocycles. The molecule has 0 radical (unpaired) electrons. The van der Waals surface area contributed by atoms with Gasteiger partial charge in [0.25, 0.3) is 0 Å². The maximum Gasteiger partial charge on any atom is 0.331 e. The molecule has 0 amide bonds. The van der Waals surface area contributed by atoms with Gasteiger partial charge in [0.2, 0.25) is 0 Å². The van der Waals surface area contributed by atoms with E-state index in [2.05, 4.69) is 20.4 Å². The molecule has 7 heteroatoms. The Morgan fingerprint density at radius 3 is 2.23 bits per heavy atom. The van der Waals surface area contributed by atoms with Crippen LogP contribution in [0.2, 0.25) is 0 Å². The molecule has 8 unspecified atom stereocenters. The van der Waals surface area contributed by atoms with E-state index in [1.165, 1.54) is 13.0 Å². The highest BCUT2D eigenvalue weighted by Crippen LogP contribution is 2.54. The van der Waals surface area contributed by atoms with E-state index >= 15 is 0 Å². The van der Waals surface area contributed by atoms with Gasteiger partial charge in [0, 0.05) is 18.9 Å². The molecule has 0 aliphatic heterocycles. The zero-order valence-electron chi connectivity index (χ0n) is 22.5. The van der Waals surface area contributed by atoms with Crippen LogP contribution < -0.4 is 0 Å². The zero-order chi connectivity index (χ0) is 26.6. The second-order valence-corrected chi connectivity index (χ2v) is 10.5. The van der Waals surface area contributed by atoms with Crippen LogP contribution in [0.5, 0.6) is 0 Å². The molecular weight excluding hydrogens is 448 g/mol. The van der Waals surface area contributed by atoms with Gasteiger partial charge in [-0.15, -0.1) is 0 Å². The molecule has 7 nitrogen and oxygen atoms in total. The number of esters is 3. The first-order valence-corrected chi connectivity index (χ1v) is 12.8. The van der Waals surface area contributed by atoms with Crippen LogP contribution in [0.4, 0.5) is 0 Å². The highest BCUT2D eigenvalue weighted by atomic mass is 16.6. The van der Waals surface area contributed by atoms with E-state index < -0.39 is 48.1 Å². The van der Waals surface area contributed by atoms with Gasteiger partial charge in [-0.05, 0) is 56.4 Å². The first kappa shape index (κ1) is 28.8. The van der Waals surface area contributed by atoms with E-state index in [1.807, 2.05) is 20.8 Å². The Morgan fingerprint density at radius 2 is 1.71 bits per heavy atom. The third-order valence-corrected chi connectivity index (χ3v) is 7.74. The van der Waals surface area contributed by atoms with Gasteiger partial charge in [-0.1, -0.05) is 46.8 Å². The van der Waals surface area contributed by atoms with Crippen LogP contribution >= 0.6 is 0 Å². The second-order valence-electron chi connectivity index (χ2n) is 10.5.